The molecule has 1 aliphatic rings. The van der Waals surface area contributed by atoms with Crippen molar-refractivity contribution in [1.82, 2.24) is 14.7 Å². The lowest BCUT2D eigenvalue weighted by molar-refractivity contribution is -0.140. The predicted molar refractivity (Wildman–Crippen MR) is 124 cm³/mol. The first kappa shape index (κ1) is 21.1. The molecule has 0 saturated carbocycles. The van der Waals surface area contributed by atoms with Gasteiger partial charge in [-0.3, -0.25) is 9.59 Å². The zero-order chi connectivity index (χ0) is 22.0. The van der Waals surface area contributed by atoms with Crippen LogP contribution in [0.15, 0.2) is 71.5 Å². The fourth-order valence-electron chi connectivity index (χ4n) is 3.91. The SMILES string of the molecule is CC(C)(C(=O)N1CCN(c2ccccc2Cl)CC1)n1nc(-c2ccccc2)ccc1=O. The van der Waals surface area contributed by atoms with Gasteiger partial charge in [-0.1, -0.05) is 54.1 Å². The number of anilines is 1. The van der Waals surface area contributed by atoms with Gasteiger partial charge in [-0.15, -0.1) is 0 Å². The van der Waals surface area contributed by atoms with Gasteiger partial charge in [-0.25, -0.2) is 4.68 Å². The zero-order valence-corrected chi connectivity index (χ0v) is 18.4. The lowest BCUT2D eigenvalue weighted by atomic mass is 10.0. The minimum absolute atomic E-state index is 0.119. The summed E-state index contributed by atoms with van der Waals surface area (Å²) >= 11 is 6.32. The summed E-state index contributed by atoms with van der Waals surface area (Å²) in [7, 11) is 0. The molecule has 0 atom stereocenters. The number of aromatic nitrogens is 2. The first-order valence-electron chi connectivity index (χ1n) is 10.3. The third-order valence-electron chi connectivity index (χ3n) is 5.68. The molecule has 0 bridgehead atoms. The molecule has 31 heavy (non-hydrogen) atoms. The molecule has 3 aromatic rings. The van der Waals surface area contributed by atoms with Crippen LogP contribution in [0.4, 0.5) is 5.69 Å². The van der Waals surface area contributed by atoms with Crippen LogP contribution in [0.2, 0.25) is 5.02 Å². The van der Waals surface area contributed by atoms with Gasteiger partial charge >= 0.3 is 0 Å². The summed E-state index contributed by atoms with van der Waals surface area (Å²) in [6.45, 7) is 5.97. The van der Waals surface area contributed by atoms with Gasteiger partial charge in [0, 0.05) is 37.8 Å². The molecule has 0 radical (unpaired) electrons. The number of halogens is 1. The van der Waals surface area contributed by atoms with E-state index in [1.807, 2.05) is 54.6 Å². The molecule has 1 fully saturated rings. The number of carbonyl (C=O) groups excluding carboxylic acids is 1. The van der Waals surface area contributed by atoms with Crippen molar-refractivity contribution in [1.29, 1.82) is 0 Å². The van der Waals surface area contributed by atoms with Gasteiger partial charge in [0.05, 0.1) is 16.4 Å². The van der Waals surface area contributed by atoms with Gasteiger partial charge in [0.1, 0.15) is 5.54 Å². The highest BCUT2D eigenvalue weighted by atomic mass is 35.5. The van der Waals surface area contributed by atoms with Crippen LogP contribution >= 0.6 is 11.6 Å². The smallest absolute Gasteiger partial charge is 0.267 e. The summed E-state index contributed by atoms with van der Waals surface area (Å²) in [6, 6.07) is 20.5. The number of carbonyl (C=O) groups is 1. The minimum atomic E-state index is -1.10. The van der Waals surface area contributed by atoms with Gasteiger partial charge in [0.15, 0.2) is 0 Å². The molecule has 0 unspecified atom stereocenters. The van der Waals surface area contributed by atoms with Gasteiger partial charge in [-0.05, 0) is 32.0 Å². The Morgan fingerprint density at radius 3 is 2.23 bits per heavy atom. The number of benzene rings is 2. The number of hydrogen-bond donors (Lipinski definition) is 0. The zero-order valence-electron chi connectivity index (χ0n) is 17.7. The van der Waals surface area contributed by atoms with Gasteiger partial charge < -0.3 is 9.80 Å². The predicted octanol–water partition coefficient (Wildman–Crippen LogP) is 3.65. The van der Waals surface area contributed by atoms with E-state index >= 15 is 0 Å². The number of rotatable bonds is 4. The monoisotopic (exact) mass is 436 g/mol. The largest absolute Gasteiger partial charge is 0.367 e. The van der Waals surface area contributed by atoms with E-state index in [4.69, 9.17) is 11.6 Å². The van der Waals surface area contributed by atoms with Crippen LogP contribution in [0.1, 0.15) is 13.8 Å². The fourth-order valence-corrected chi connectivity index (χ4v) is 4.17. The maximum absolute atomic E-state index is 13.4. The van der Waals surface area contributed by atoms with Gasteiger partial charge in [-0.2, -0.15) is 5.10 Å². The molecule has 4 rings (SSSR count). The molecule has 0 aliphatic carbocycles. The maximum Gasteiger partial charge on any atom is 0.267 e. The van der Waals surface area contributed by atoms with Crippen molar-refractivity contribution in [2.75, 3.05) is 31.1 Å². The first-order valence-corrected chi connectivity index (χ1v) is 10.7. The molecular weight excluding hydrogens is 412 g/mol. The number of hydrogen-bond acceptors (Lipinski definition) is 4. The van der Waals surface area contributed by atoms with E-state index in [0.29, 0.717) is 36.9 Å². The van der Waals surface area contributed by atoms with Crippen molar-refractivity contribution in [2.24, 2.45) is 0 Å². The topological polar surface area (TPSA) is 58.4 Å². The molecule has 0 N–H and O–H groups in total. The van der Waals surface area contributed by atoms with Crippen molar-refractivity contribution in [3.8, 4) is 11.3 Å². The van der Waals surface area contributed by atoms with Crippen LogP contribution in [0, 0.1) is 0 Å². The van der Waals surface area contributed by atoms with Crippen LogP contribution in [0.3, 0.4) is 0 Å². The van der Waals surface area contributed by atoms with E-state index in [0.717, 1.165) is 11.3 Å². The minimum Gasteiger partial charge on any atom is -0.367 e. The molecular formula is C24H25ClN4O2. The second-order valence-corrected chi connectivity index (χ2v) is 8.53. The van der Waals surface area contributed by atoms with Crippen molar-refractivity contribution < 1.29 is 4.79 Å². The highest BCUT2D eigenvalue weighted by Crippen LogP contribution is 2.27. The molecule has 160 valence electrons. The Morgan fingerprint density at radius 2 is 1.55 bits per heavy atom. The second kappa shape index (κ2) is 8.55. The molecule has 2 aromatic carbocycles. The summed E-state index contributed by atoms with van der Waals surface area (Å²) in [5, 5.41) is 5.24. The Bertz CT molecular complexity index is 1140. The summed E-state index contributed by atoms with van der Waals surface area (Å²) in [4.78, 5) is 30.0. The standard InChI is InChI=1S/C24H25ClN4O2/c1-24(2,29-22(30)13-12-20(26-29)18-8-4-3-5-9-18)23(31)28-16-14-27(15-17-28)21-11-7-6-10-19(21)25/h3-13H,14-17H2,1-2H3. The summed E-state index contributed by atoms with van der Waals surface area (Å²) in [5.41, 5.74) is 1.13. The molecule has 0 spiro atoms. The third kappa shape index (κ3) is 4.21. The van der Waals surface area contributed by atoms with E-state index in [1.54, 1.807) is 24.8 Å². The molecule has 7 heteroatoms. The molecule has 2 heterocycles. The number of nitrogens with zero attached hydrogens (tertiary/aromatic N) is 4. The van der Waals surface area contributed by atoms with E-state index in [2.05, 4.69) is 10.00 Å². The Kier molecular flexibility index (Phi) is 5.83. The second-order valence-electron chi connectivity index (χ2n) is 8.12. The Balaban J connectivity index is 1.54. The van der Waals surface area contributed by atoms with Gasteiger partial charge in [0.25, 0.3) is 5.56 Å². The Hall–Kier alpha value is -3.12. The summed E-state index contributed by atoms with van der Waals surface area (Å²) < 4.78 is 1.30. The van der Waals surface area contributed by atoms with Crippen LogP contribution in [-0.2, 0) is 10.3 Å². The average Bonchev–Trinajstić information content (AvgIpc) is 2.80. The Labute approximate surface area is 186 Å². The number of piperazine rings is 1. The molecule has 1 amide bonds. The van der Waals surface area contributed by atoms with Crippen molar-refractivity contribution in [2.45, 2.75) is 19.4 Å². The fraction of sp³-hybridized carbons (Fsp3) is 0.292. The molecule has 1 aliphatic heterocycles. The lowest BCUT2D eigenvalue weighted by Crippen LogP contribution is -2.56. The third-order valence-corrected chi connectivity index (χ3v) is 6.00. The Morgan fingerprint density at radius 1 is 0.903 bits per heavy atom. The van der Waals surface area contributed by atoms with Crippen molar-refractivity contribution in [3.63, 3.8) is 0 Å². The molecule has 1 saturated heterocycles. The van der Waals surface area contributed by atoms with Crippen LogP contribution in [-0.4, -0.2) is 46.8 Å². The maximum atomic E-state index is 13.4. The van der Waals surface area contributed by atoms with Crippen molar-refractivity contribution >= 4 is 23.2 Å². The van der Waals surface area contributed by atoms with Gasteiger partial charge in [0.2, 0.25) is 5.91 Å². The normalized spacial score (nSPS) is 14.5. The average molecular weight is 437 g/mol. The van der Waals surface area contributed by atoms with Crippen LogP contribution in [0.25, 0.3) is 11.3 Å². The molecule has 1 aromatic heterocycles. The van der Waals surface area contributed by atoms with Crippen LogP contribution < -0.4 is 10.5 Å². The highest BCUT2D eigenvalue weighted by molar-refractivity contribution is 6.33. The number of amides is 1. The van der Waals surface area contributed by atoms with E-state index in [9.17, 15) is 9.59 Å². The van der Waals surface area contributed by atoms with E-state index in [-0.39, 0.29) is 11.5 Å². The quantitative estimate of drug-likeness (QED) is 0.626. The van der Waals surface area contributed by atoms with Crippen molar-refractivity contribution in [3.05, 3.63) is 82.1 Å². The van der Waals surface area contributed by atoms with E-state index in [1.165, 1.54) is 10.7 Å². The highest BCUT2D eigenvalue weighted by Gasteiger charge is 2.37. The summed E-state index contributed by atoms with van der Waals surface area (Å²) in [5.74, 6) is -0.119. The first-order chi connectivity index (χ1) is 14.9. The molecule has 6 nitrogen and oxygen atoms in total. The number of para-hydroxylation sites is 1. The lowest BCUT2D eigenvalue weighted by Gasteiger charge is -2.39. The van der Waals surface area contributed by atoms with E-state index < -0.39 is 5.54 Å². The summed E-state index contributed by atoms with van der Waals surface area (Å²) in [6.07, 6.45) is 0. The van der Waals surface area contributed by atoms with Crippen LogP contribution in [0.5, 0.6) is 0 Å².